The molecule has 2 heteroatoms. The Bertz CT molecular complexity index is 578. The lowest BCUT2D eigenvalue weighted by atomic mass is 9.84. The average Bonchev–Trinajstić information content (AvgIpc) is 3.66. The topological polar surface area (TPSA) is 26.3 Å². The monoisotopic (exact) mass is 442 g/mol. The van der Waals surface area contributed by atoms with Gasteiger partial charge in [-0.2, -0.15) is 0 Å². The Kier molecular flexibility index (Phi) is 14.5. The highest BCUT2D eigenvalue weighted by Gasteiger charge is 2.32. The van der Waals surface area contributed by atoms with Crippen molar-refractivity contribution in [3.05, 3.63) is 35.9 Å². The lowest BCUT2D eigenvalue weighted by Crippen LogP contribution is -2.19. The minimum absolute atomic E-state index is 0.155. The van der Waals surface area contributed by atoms with E-state index in [0.29, 0.717) is 18.1 Å². The molecular weight excluding hydrogens is 392 g/mol. The Morgan fingerprint density at radius 1 is 0.812 bits per heavy atom. The number of hydrogen-bond acceptors (Lipinski definition) is 2. The smallest absolute Gasteiger partial charge is 0.338 e. The van der Waals surface area contributed by atoms with Crippen LogP contribution in [0, 0.1) is 17.8 Å². The van der Waals surface area contributed by atoms with Crippen LogP contribution in [0.25, 0.3) is 0 Å². The van der Waals surface area contributed by atoms with Gasteiger partial charge in [0.2, 0.25) is 0 Å². The first-order valence-corrected chi connectivity index (χ1v) is 14.0. The SMILES string of the molecule is CCCCCCCCC(COC(=O)c1ccccc1)CC(CCCCCCCC)C1CC1. The van der Waals surface area contributed by atoms with E-state index >= 15 is 0 Å². The molecular formula is C30H50O2. The molecule has 0 bridgehead atoms. The number of carbonyl (C=O) groups excluding carboxylic acids is 1. The van der Waals surface area contributed by atoms with Crippen molar-refractivity contribution in [3.63, 3.8) is 0 Å². The number of benzene rings is 1. The van der Waals surface area contributed by atoms with Gasteiger partial charge in [-0.25, -0.2) is 4.79 Å². The summed E-state index contributed by atoms with van der Waals surface area (Å²) in [5.41, 5.74) is 0.677. The lowest BCUT2D eigenvalue weighted by molar-refractivity contribution is 0.0405. The molecule has 0 spiro atoms. The third-order valence-electron chi connectivity index (χ3n) is 7.28. The first-order chi connectivity index (χ1) is 15.7. The molecule has 0 aromatic heterocycles. The zero-order valence-corrected chi connectivity index (χ0v) is 21.2. The molecule has 0 amide bonds. The van der Waals surface area contributed by atoms with Crippen molar-refractivity contribution in [1.29, 1.82) is 0 Å². The maximum atomic E-state index is 12.5. The van der Waals surface area contributed by atoms with Crippen molar-refractivity contribution in [1.82, 2.24) is 0 Å². The summed E-state index contributed by atoms with van der Waals surface area (Å²) in [6.45, 7) is 5.17. The van der Waals surface area contributed by atoms with Gasteiger partial charge in [-0.05, 0) is 55.6 Å². The second-order valence-corrected chi connectivity index (χ2v) is 10.3. The molecule has 0 aliphatic heterocycles. The Balaban J connectivity index is 1.80. The zero-order chi connectivity index (χ0) is 22.9. The molecule has 0 radical (unpaired) electrons. The fourth-order valence-electron chi connectivity index (χ4n) is 5.06. The van der Waals surface area contributed by atoms with Gasteiger partial charge in [-0.1, -0.05) is 116 Å². The number of unbranched alkanes of at least 4 members (excludes halogenated alkanes) is 10. The molecule has 182 valence electrons. The van der Waals surface area contributed by atoms with E-state index in [9.17, 15) is 4.79 Å². The van der Waals surface area contributed by atoms with Crippen molar-refractivity contribution in [2.24, 2.45) is 17.8 Å². The largest absolute Gasteiger partial charge is 0.462 e. The third kappa shape index (κ3) is 12.1. The van der Waals surface area contributed by atoms with Crippen LogP contribution in [0.15, 0.2) is 30.3 Å². The molecule has 2 nitrogen and oxygen atoms in total. The minimum atomic E-state index is -0.155. The Labute approximate surface area is 198 Å². The van der Waals surface area contributed by atoms with Crippen LogP contribution in [-0.2, 0) is 4.74 Å². The number of rotatable bonds is 20. The highest BCUT2D eigenvalue weighted by atomic mass is 16.5. The van der Waals surface area contributed by atoms with Crippen LogP contribution >= 0.6 is 0 Å². The Morgan fingerprint density at radius 2 is 1.38 bits per heavy atom. The molecule has 1 aliphatic rings. The molecule has 1 aromatic carbocycles. The Morgan fingerprint density at radius 3 is 1.97 bits per heavy atom. The quantitative estimate of drug-likeness (QED) is 0.148. The molecule has 1 saturated carbocycles. The molecule has 2 atom stereocenters. The van der Waals surface area contributed by atoms with Crippen LogP contribution in [0.1, 0.15) is 133 Å². The lowest BCUT2D eigenvalue weighted by Gasteiger charge is -2.24. The normalized spacial score (nSPS) is 15.4. The molecule has 2 unspecified atom stereocenters. The molecule has 32 heavy (non-hydrogen) atoms. The third-order valence-corrected chi connectivity index (χ3v) is 7.28. The van der Waals surface area contributed by atoms with Gasteiger partial charge in [0.1, 0.15) is 0 Å². The summed E-state index contributed by atoms with van der Waals surface area (Å²) >= 11 is 0. The van der Waals surface area contributed by atoms with Crippen molar-refractivity contribution < 1.29 is 9.53 Å². The van der Waals surface area contributed by atoms with E-state index in [1.165, 1.54) is 109 Å². The minimum Gasteiger partial charge on any atom is -0.462 e. The molecule has 1 fully saturated rings. The van der Waals surface area contributed by atoms with E-state index < -0.39 is 0 Å². The van der Waals surface area contributed by atoms with Crippen LogP contribution < -0.4 is 0 Å². The maximum absolute atomic E-state index is 12.5. The summed E-state index contributed by atoms with van der Waals surface area (Å²) in [6, 6.07) is 9.48. The zero-order valence-electron chi connectivity index (χ0n) is 21.2. The summed E-state index contributed by atoms with van der Waals surface area (Å²) in [5, 5.41) is 0. The summed E-state index contributed by atoms with van der Waals surface area (Å²) < 4.78 is 5.82. The first kappa shape index (κ1) is 26.9. The summed E-state index contributed by atoms with van der Waals surface area (Å²) in [5.74, 6) is 2.17. The van der Waals surface area contributed by atoms with Gasteiger partial charge in [-0.15, -0.1) is 0 Å². The average molecular weight is 443 g/mol. The molecule has 0 N–H and O–H groups in total. The van der Waals surface area contributed by atoms with Crippen LogP contribution in [-0.4, -0.2) is 12.6 Å². The first-order valence-electron chi connectivity index (χ1n) is 14.0. The van der Waals surface area contributed by atoms with E-state index in [4.69, 9.17) is 4.74 Å². The highest BCUT2D eigenvalue weighted by Crippen LogP contribution is 2.43. The second kappa shape index (κ2) is 17.2. The predicted octanol–water partition coefficient (Wildman–Crippen LogP) is 9.38. The number of ether oxygens (including phenoxy) is 1. The second-order valence-electron chi connectivity index (χ2n) is 10.3. The predicted molar refractivity (Wildman–Crippen MR) is 137 cm³/mol. The molecule has 2 rings (SSSR count). The van der Waals surface area contributed by atoms with Crippen molar-refractivity contribution >= 4 is 5.97 Å². The van der Waals surface area contributed by atoms with E-state index in [2.05, 4.69) is 13.8 Å². The fourth-order valence-corrected chi connectivity index (χ4v) is 5.06. The summed E-state index contributed by atoms with van der Waals surface area (Å²) in [7, 11) is 0. The van der Waals surface area contributed by atoms with Crippen LogP contribution in [0.4, 0.5) is 0 Å². The number of hydrogen-bond donors (Lipinski definition) is 0. The molecule has 1 aromatic rings. The van der Waals surface area contributed by atoms with Crippen molar-refractivity contribution in [3.8, 4) is 0 Å². The summed E-state index contributed by atoms with van der Waals surface area (Å²) in [6.07, 6.45) is 23.0. The van der Waals surface area contributed by atoms with Crippen molar-refractivity contribution in [2.45, 2.75) is 123 Å². The fraction of sp³-hybridized carbons (Fsp3) is 0.767. The summed E-state index contributed by atoms with van der Waals surface area (Å²) in [4.78, 5) is 12.5. The number of carbonyl (C=O) groups is 1. The van der Waals surface area contributed by atoms with Gasteiger partial charge >= 0.3 is 5.97 Å². The van der Waals surface area contributed by atoms with Gasteiger partial charge in [-0.3, -0.25) is 0 Å². The maximum Gasteiger partial charge on any atom is 0.338 e. The van der Waals surface area contributed by atoms with Gasteiger partial charge < -0.3 is 4.74 Å². The van der Waals surface area contributed by atoms with E-state index in [0.717, 1.165) is 11.8 Å². The van der Waals surface area contributed by atoms with Crippen LogP contribution in [0.5, 0.6) is 0 Å². The van der Waals surface area contributed by atoms with Crippen LogP contribution in [0.3, 0.4) is 0 Å². The van der Waals surface area contributed by atoms with Gasteiger partial charge in [0.25, 0.3) is 0 Å². The molecule has 1 aliphatic carbocycles. The molecule has 0 heterocycles. The van der Waals surface area contributed by atoms with Crippen LogP contribution in [0.2, 0.25) is 0 Å². The van der Waals surface area contributed by atoms with Gasteiger partial charge in [0, 0.05) is 0 Å². The van der Waals surface area contributed by atoms with E-state index in [1.807, 2.05) is 30.3 Å². The van der Waals surface area contributed by atoms with E-state index in [-0.39, 0.29) is 5.97 Å². The van der Waals surface area contributed by atoms with Crippen molar-refractivity contribution in [2.75, 3.05) is 6.61 Å². The van der Waals surface area contributed by atoms with E-state index in [1.54, 1.807) is 0 Å². The highest BCUT2D eigenvalue weighted by molar-refractivity contribution is 5.89. The van der Waals surface area contributed by atoms with Gasteiger partial charge in [0.15, 0.2) is 0 Å². The standard InChI is InChI=1S/C30H50O2/c1-3-5-7-9-11-14-18-26(25-32-30(31)28-19-16-13-17-20-28)24-29(27-22-23-27)21-15-12-10-8-6-4-2/h13,16-17,19-20,26-27,29H,3-12,14-15,18,21-25H2,1-2H3. The number of esters is 1. The Hall–Kier alpha value is -1.31. The van der Waals surface area contributed by atoms with Gasteiger partial charge in [0.05, 0.1) is 12.2 Å². The molecule has 0 saturated heterocycles.